The molecule has 13 heavy (non-hydrogen) atoms. The van der Waals surface area contributed by atoms with Crippen molar-refractivity contribution in [3.63, 3.8) is 0 Å². The first-order valence-electron chi connectivity index (χ1n) is 4.21. The normalized spacial score (nSPS) is 9.92. The first kappa shape index (κ1) is 9.74. The number of nitrogens with one attached hydrogen (secondary N) is 1. The summed E-state index contributed by atoms with van der Waals surface area (Å²) in [4.78, 5) is 10.8. The molecule has 0 aliphatic carbocycles. The van der Waals surface area contributed by atoms with Crippen molar-refractivity contribution in [2.45, 2.75) is 6.42 Å². The number of carboxylic acids is 1. The lowest BCUT2D eigenvalue weighted by Gasteiger charge is -2.04. The number of carbonyl (C=O) groups is 1. The van der Waals surface area contributed by atoms with Gasteiger partial charge in [0, 0.05) is 0 Å². The van der Waals surface area contributed by atoms with E-state index in [9.17, 15) is 4.79 Å². The van der Waals surface area contributed by atoms with Crippen LogP contribution in [0.25, 0.3) is 0 Å². The molecule has 3 nitrogen and oxygen atoms in total. The molecule has 1 aromatic rings. The third-order valence-electron chi connectivity index (χ3n) is 1.89. The predicted octanol–water partition coefficient (Wildman–Crippen LogP) is 1.15. The van der Waals surface area contributed by atoms with E-state index in [0.717, 1.165) is 18.5 Å². The van der Waals surface area contributed by atoms with E-state index >= 15 is 0 Å². The number of carboxylic acid groups (broad SMARTS) is 1. The van der Waals surface area contributed by atoms with Crippen LogP contribution < -0.4 is 5.32 Å². The maximum absolute atomic E-state index is 10.8. The highest BCUT2D eigenvalue weighted by Gasteiger charge is 2.07. The summed E-state index contributed by atoms with van der Waals surface area (Å²) in [5.41, 5.74) is 1.28. The molecule has 0 atom stereocenters. The first-order chi connectivity index (χ1) is 6.25. The second-order valence-corrected chi connectivity index (χ2v) is 2.82. The Labute approximate surface area is 77.4 Å². The number of hydrogen-bond donors (Lipinski definition) is 2. The quantitative estimate of drug-likeness (QED) is 0.728. The summed E-state index contributed by atoms with van der Waals surface area (Å²) in [5, 5.41) is 11.8. The van der Waals surface area contributed by atoms with Gasteiger partial charge in [0.25, 0.3) is 0 Å². The molecule has 0 amide bonds. The van der Waals surface area contributed by atoms with Gasteiger partial charge in [-0.2, -0.15) is 0 Å². The average molecular weight is 179 g/mol. The molecule has 0 radical (unpaired) electrons. The predicted molar refractivity (Wildman–Crippen MR) is 51.0 cm³/mol. The van der Waals surface area contributed by atoms with Crippen LogP contribution in [0.2, 0.25) is 0 Å². The van der Waals surface area contributed by atoms with Gasteiger partial charge in [0.1, 0.15) is 0 Å². The molecule has 0 heterocycles. The average Bonchev–Trinajstić information content (AvgIpc) is 2.15. The number of hydrogen-bond acceptors (Lipinski definition) is 2. The highest BCUT2D eigenvalue weighted by atomic mass is 16.4. The lowest BCUT2D eigenvalue weighted by atomic mass is 10.1. The zero-order valence-corrected chi connectivity index (χ0v) is 7.58. The molecule has 0 fully saturated rings. The van der Waals surface area contributed by atoms with Crippen LogP contribution in [0.3, 0.4) is 0 Å². The van der Waals surface area contributed by atoms with E-state index in [-0.39, 0.29) is 0 Å². The van der Waals surface area contributed by atoms with Gasteiger partial charge >= 0.3 is 5.97 Å². The van der Waals surface area contributed by atoms with Gasteiger partial charge in [0.15, 0.2) is 0 Å². The molecule has 0 aliphatic heterocycles. The molecular weight excluding hydrogens is 166 g/mol. The third-order valence-corrected chi connectivity index (χ3v) is 1.89. The molecule has 0 unspecified atom stereocenters. The van der Waals surface area contributed by atoms with Gasteiger partial charge < -0.3 is 10.4 Å². The van der Waals surface area contributed by atoms with Crippen molar-refractivity contribution in [1.29, 1.82) is 0 Å². The Bertz CT molecular complexity index is 297. The lowest BCUT2D eigenvalue weighted by Crippen LogP contribution is -2.12. The number of aromatic carboxylic acids is 1. The summed E-state index contributed by atoms with van der Waals surface area (Å²) in [6.45, 7) is 0.796. The Morgan fingerprint density at radius 3 is 2.77 bits per heavy atom. The van der Waals surface area contributed by atoms with Gasteiger partial charge in [-0.3, -0.25) is 0 Å². The van der Waals surface area contributed by atoms with Crippen molar-refractivity contribution in [1.82, 2.24) is 5.32 Å². The molecule has 1 rings (SSSR count). The van der Waals surface area contributed by atoms with Crippen LogP contribution in [0.15, 0.2) is 24.3 Å². The maximum Gasteiger partial charge on any atom is 0.335 e. The van der Waals surface area contributed by atoms with Crippen molar-refractivity contribution in [2.24, 2.45) is 0 Å². The zero-order chi connectivity index (χ0) is 9.68. The summed E-state index contributed by atoms with van der Waals surface area (Å²) < 4.78 is 0. The molecule has 1 aromatic carbocycles. The molecule has 0 aliphatic rings. The molecule has 70 valence electrons. The minimum atomic E-state index is -0.855. The number of rotatable bonds is 4. The fraction of sp³-hybridized carbons (Fsp3) is 0.300. The topological polar surface area (TPSA) is 49.3 Å². The second kappa shape index (κ2) is 4.62. The minimum Gasteiger partial charge on any atom is -0.478 e. The van der Waals surface area contributed by atoms with Crippen molar-refractivity contribution in [2.75, 3.05) is 13.6 Å². The Hall–Kier alpha value is -1.35. The van der Waals surface area contributed by atoms with Crippen LogP contribution >= 0.6 is 0 Å². The van der Waals surface area contributed by atoms with E-state index in [0.29, 0.717) is 5.56 Å². The molecule has 0 saturated carbocycles. The van der Waals surface area contributed by atoms with E-state index < -0.39 is 5.97 Å². The summed E-state index contributed by atoms with van der Waals surface area (Å²) in [5.74, 6) is -0.855. The van der Waals surface area contributed by atoms with E-state index in [1.165, 1.54) is 0 Å². The molecule has 0 spiro atoms. The standard InChI is InChI=1S/C10H13NO2/c1-11-7-6-8-4-2-3-5-9(8)10(12)13/h2-5,11H,6-7H2,1H3,(H,12,13). The SMILES string of the molecule is CNCCc1ccccc1C(=O)O. The Kier molecular flexibility index (Phi) is 3.46. The molecular formula is C10H13NO2. The van der Waals surface area contributed by atoms with Gasteiger partial charge in [-0.1, -0.05) is 18.2 Å². The van der Waals surface area contributed by atoms with Crippen LogP contribution in [0, 0.1) is 0 Å². The molecule has 0 aromatic heterocycles. The Balaban J connectivity index is 2.84. The van der Waals surface area contributed by atoms with Crippen molar-refractivity contribution in [3.05, 3.63) is 35.4 Å². The van der Waals surface area contributed by atoms with E-state index in [4.69, 9.17) is 5.11 Å². The van der Waals surface area contributed by atoms with Crippen molar-refractivity contribution in [3.8, 4) is 0 Å². The van der Waals surface area contributed by atoms with Crippen molar-refractivity contribution < 1.29 is 9.90 Å². The fourth-order valence-electron chi connectivity index (χ4n) is 1.21. The molecule has 0 bridgehead atoms. The van der Waals surface area contributed by atoms with Crippen LogP contribution in [-0.4, -0.2) is 24.7 Å². The monoisotopic (exact) mass is 179 g/mol. The van der Waals surface area contributed by atoms with E-state index in [2.05, 4.69) is 5.32 Å². The summed E-state index contributed by atoms with van der Waals surface area (Å²) in [7, 11) is 1.85. The van der Waals surface area contributed by atoms with E-state index in [1.54, 1.807) is 12.1 Å². The highest BCUT2D eigenvalue weighted by molar-refractivity contribution is 5.89. The number of benzene rings is 1. The van der Waals surface area contributed by atoms with Gasteiger partial charge in [-0.25, -0.2) is 4.79 Å². The Morgan fingerprint density at radius 2 is 2.15 bits per heavy atom. The summed E-state index contributed by atoms with van der Waals surface area (Å²) in [6.07, 6.45) is 0.749. The Morgan fingerprint density at radius 1 is 1.46 bits per heavy atom. The lowest BCUT2D eigenvalue weighted by molar-refractivity contribution is 0.0695. The van der Waals surface area contributed by atoms with Crippen LogP contribution in [0.1, 0.15) is 15.9 Å². The van der Waals surface area contributed by atoms with Gasteiger partial charge in [-0.05, 0) is 31.6 Å². The largest absolute Gasteiger partial charge is 0.478 e. The summed E-state index contributed by atoms with van der Waals surface area (Å²) >= 11 is 0. The van der Waals surface area contributed by atoms with E-state index in [1.807, 2.05) is 19.2 Å². The smallest absolute Gasteiger partial charge is 0.335 e. The maximum atomic E-state index is 10.8. The molecule has 2 N–H and O–H groups in total. The highest BCUT2D eigenvalue weighted by Crippen LogP contribution is 2.08. The van der Waals surface area contributed by atoms with Crippen molar-refractivity contribution >= 4 is 5.97 Å². The van der Waals surface area contributed by atoms with Gasteiger partial charge in [0.2, 0.25) is 0 Å². The second-order valence-electron chi connectivity index (χ2n) is 2.82. The zero-order valence-electron chi connectivity index (χ0n) is 7.58. The van der Waals surface area contributed by atoms with Gasteiger partial charge in [-0.15, -0.1) is 0 Å². The van der Waals surface area contributed by atoms with Crippen LogP contribution in [0.5, 0.6) is 0 Å². The third kappa shape index (κ3) is 2.56. The minimum absolute atomic E-state index is 0.401. The first-order valence-corrected chi connectivity index (χ1v) is 4.21. The molecule has 0 saturated heterocycles. The van der Waals surface area contributed by atoms with Gasteiger partial charge in [0.05, 0.1) is 5.56 Å². The fourth-order valence-corrected chi connectivity index (χ4v) is 1.21. The number of likely N-dealkylation sites (N-methyl/N-ethyl adjacent to an activating group) is 1. The summed E-state index contributed by atoms with van der Waals surface area (Å²) in [6, 6.07) is 7.08. The van der Waals surface area contributed by atoms with Crippen LogP contribution in [-0.2, 0) is 6.42 Å². The molecule has 3 heteroatoms. The van der Waals surface area contributed by atoms with Crippen LogP contribution in [0.4, 0.5) is 0 Å².